The minimum atomic E-state index is 0.904. The lowest BCUT2D eigenvalue weighted by molar-refractivity contribution is 0.669. The third-order valence-corrected chi connectivity index (χ3v) is 13.3. The Morgan fingerprint density at radius 1 is 0.431 bits per heavy atom. The Morgan fingerprint density at radius 2 is 0.908 bits per heavy atom. The quantitative estimate of drug-likeness (QED) is 0.167. The van der Waals surface area contributed by atoms with Gasteiger partial charge in [0.1, 0.15) is 22.3 Å². The summed E-state index contributed by atoms with van der Waals surface area (Å²) < 4.78 is 17.5. The average Bonchev–Trinajstić information content (AvgIpc) is 4.12. The molecule has 306 valence electrons. The molecule has 4 aromatic heterocycles. The molecule has 0 aliphatic rings. The highest BCUT2D eigenvalue weighted by Gasteiger charge is 2.17. The summed E-state index contributed by atoms with van der Waals surface area (Å²) in [6.45, 7) is 6.81. The molecule has 0 aliphatic heterocycles. The Labute approximate surface area is 374 Å². The average molecular weight is 833 g/mol. The predicted octanol–water partition coefficient (Wildman–Crippen LogP) is 15.2. The second-order valence-corrected chi connectivity index (χ2v) is 16.8. The minimum absolute atomic E-state index is 0.904. The van der Waals surface area contributed by atoms with Crippen LogP contribution in [0.15, 0.2) is 216 Å². The van der Waals surface area contributed by atoms with Gasteiger partial charge in [0.05, 0.1) is 16.6 Å². The van der Waals surface area contributed by atoms with Gasteiger partial charge in [-0.2, -0.15) is 0 Å². The zero-order chi connectivity index (χ0) is 43.2. The van der Waals surface area contributed by atoms with Crippen LogP contribution in [-0.4, -0.2) is 9.13 Å². The molecule has 4 heteroatoms. The number of furan rings is 2. The summed E-state index contributed by atoms with van der Waals surface area (Å²) >= 11 is 0. The van der Waals surface area contributed by atoms with E-state index in [4.69, 9.17) is 15.4 Å². The number of nitrogens with zero attached hydrogens (tertiary/aromatic N) is 2. The lowest BCUT2D eigenvalue weighted by atomic mass is 10.0. The van der Waals surface area contributed by atoms with Gasteiger partial charge in [0.2, 0.25) is 0 Å². The Bertz CT molecular complexity index is 4190. The van der Waals surface area contributed by atoms with E-state index in [0.29, 0.717) is 0 Å². The number of aromatic nitrogens is 2. The van der Waals surface area contributed by atoms with Crippen molar-refractivity contribution in [3.05, 3.63) is 223 Å². The molecule has 4 heterocycles. The zero-order valence-electron chi connectivity index (χ0n) is 35.6. The van der Waals surface area contributed by atoms with Crippen LogP contribution < -0.4 is 10.6 Å². The number of hydrogen-bond donors (Lipinski definition) is 0. The molecule has 0 N–H and O–H groups in total. The third kappa shape index (κ3) is 5.71. The van der Waals surface area contributed by atoms with Gasteiger partial charge in [-0.15, -0.1) is 0 Å². The van der Waals surface area contributed by atoms with Crippen LogP contribution in [0.5, 0.6) is 0 Å². The van der Waals surface area contributed by atoms with Crippen LogP contribution in [0.25, 0.3) is 128 Å². The highest BCUT2D eigenvalue weighted by Crippen LogP contribution is 2.39. The summed E-state index contributed by atoms with van der Waals surface area (Å²) in [6, 6.07) is 71.1. The van der Waals surface area contributed by atoms with E-state index in [1.165, 1.54) is 16.2 Å². The first kappa shape index (κ1) is 37.0. The van der Waals surface area contributed by atoms with Gasteiger partial charge in [-0.05, 0) is 95.9 Å². The maximum Gasteiger partial charge on any atom is 0.143 e. The molecular weight excluding hydrogens is 793 g/mol. The van der Waals surface area contributed by atoms with Gasteiger partial charge in [0.25, 0.3) is 0 Å². The van der Waals surface area contributed by atoms with Crippen LogP contribution >= 0.6 is 0 Å². The van der Waals surface area contributed by atoms with E-state index < -0.39 is 0 Å². The smallest absolute Gasteiger partial charge is 0.143 e. The fraction of sp³-hybridized carbons (Fsp3) is 0.0164. The van der Waals surface area contributed by atoms with Crippen molar-refractivity contribution in [2.24, 2.45) is 0 Å². The molecule has 65 heavy (non-hydrogen) atoms. The summed E-state index contributed by atoms with van der Waals surface area (Å²) in [5.74, 6) is 0. The van der Waals surface area contributed by atoms with Crippen LogP contribution in [0.3, 0.4) is 0 Å². The Kier molecular flexibility index (Phi) is 8.24. The largest absolute Gasteiger partial charge is 0.455 e. The number of benzene rings is 9. The molecule has 13 rings (SSSR count). The van der Waals surface area contributed by atoms with Gasteiger partial charge in [-0.1, -0.05) is 152 Å². The number of rotatable bonds is 6. The molecule has 0 atom stereocenters. The standard InChI is InChI=1S/C61H40N2O2/c1-3-54-52(46-14-4-8-22-55(46)62(54)42-31-26-39(27-32-42)44-18-12-20-50-48-16-6-10-24-58(48)64-60(44)50)36-38(2)41-30-35-57-53(37-41)47-15-5-9-23-56(47)63(57)43-33-28-40(29-34-43)45-19-13-21-51-49-17-7-11-25-59(49)65-61(45)51/h3-37H,2H2,1H3/b52-36-,54-3+. The van der Waals surface area contributed by atoms with E-state index in [9.17, 15) is 0 Å². The van der Waals surface area contributed by atoms with Gasteiger partial charge in [-0.3, -0.25) is 0 Å². The molecule has 0 aliphatic carbocycles. The molecule has 0 unspecified atom stereocenters. The molecular formula is C61H40N2O2. The fourth-order valence-electron chi connectivity index (χ4n) is 10.2. The van der Waals surface area contributed by atoms with Crippen molar-refractivity contribution in [1.29, 1.82) is 0 Å². The van der Waals surface area contributed by atoms with Crippen LogP contribution in [0.2, 0.25) is 0 Å². The van der Waals surface area contributed by atoms with Gasteiger partial charge >= 0.3 is 0 Å². The van der Waals surface area contributed by atoms with Crippen molar-refractivity contribution in [3.8, 4) is 33.6 Å². The minimum Gasteiger partial charge on any atom is -0.455 e. The van der Waals surface area contributed by atoms with Crippen LogP contribution in [0, 0.1) is 0 Å². The molecule has 9 aromatic carbocycles. The molecule has 0 amide bonds. The summed E-state index contributed by atoms with van der Waals surface area (Å²) in [7, 11) is 0. The molecule has 0 fully saturated rings. The molecule has 0 radical (unpaired) electrons. The first-order chi connectivity index (χ1) is 32.1. The monoisotopic (exact) mass is 832 g/mol. The lowest BCUT2D eigenvalue weighted by Gasteiger charge is -2.10. The topological polar surface area (TPSA) is 36.1 Å². The first-order valence-electron chi connectivity index (χ1n) is 22.1. The SMILES string of the molecule is C=C(/C=c1\c(=C/C)n(-c2ccc(-c3cccc4c3oc3ccccc34)cc2)c2ccccc12)c1ccc2c(c1)c1ccccc1n2-c1ccc(-c2cccc3c2oc2ccccc23)cc1. The third-order valence-electron chi connectivity index (χ3n) is 13.3. The predicted molar refractivity (Wildman–Crippen MR) is 272 cm³/mol. The normalized spacial score (nSPS) is 12.6. The highest BCUT2D eigenvalue weighted by atomic mass is 16.3. The molecule has 4 nitrogen and oxygen atoms in total. The maximum atomic E-state index is 6.40. The summed E-state index contributed by atoms with van der Waals surface area (Å²) in [5.41, 5.74) is 15.7. The van der Waals surface area contributed by atoms with E-state index >= 15 is 0 Å². The fourth-order valence-corrected chi connectivity index (χ4v) is 10.2. The lowest BCUT2D eigenvalue weighted by Crippen LogP contribution is -2.28. The first-order valence-corrected chi connectivity index (χ1v) is 22.1. The number of hydrogen-bond acceptors (Lipinski definition) is 2. The Balaban J connectivity index is 0.876. The number of para-hydroxylation sites is 6. The highest BCUT2D eigenvalue weighted by molar-refractivity contribution is 6.12. The second kappa shape index (κ2) is 14.5. The van der Waals surface area contributed by atoms with Crippen molar-refractivity contribution >= 4 is 94.3 Å². The van der Waals surface area contributed by atoms with E-state index in [1.807, 2.05) is 24.3 Å². The number of allylic oxidation sites excluding steroid dienone is 1. The van der Waals surface area contributed by atoms with Crippen molar-refractivity contribution in [3.63, 3.8) is 0 Å². The van der Waals surface area contributed by atoms with Gasteiger partial charge < -0.3 is 18.0 Å². The number of fused-ring (bicyclic) bond motifs is 10. The summed E-state index contributed by atoms with van der Waals surface area (Å²) in [5, 5.41) is 10.4. The van der Waals surface area contributed by atoms with E-state index in [-0.39, 0.29) is 0 Å². The van der Waals surface area contributed by atoms with Crippen molar-refractivity contribution < 1.29 is 8.83 Å². The summed E-state index contributed by atoms with van der Waals surface area (Å²) in [4.78, 5) is 0. The van der Waals surface area contributed by atoms with E-state index in [2.05, 4.69) is 204 Å². The molecule has 0 saturated heterocycles. The second-order valence-electron chi connectivity index (χ2n) is 16.8. The Hall–Kier alpha value is -8.60. The molecule has 0 bridgehead atoms. The van der Waals surface area contributed by atoms with E-state index in [0.717, 1.165) is 116 Å². The van der Waals surface area contributed by atoms with Crippen molar-refractivity contribution in [2.45, 2.75) is 6.92 Å². The summed E-state index contributed by atoms with van der Waals surface area (Å²) in [6.07, 6.45) is 4.47. The molecule has 0 saturated carbocycles. The van der Waals surface area contributed by atoms with Gasteiger partial charge in [-0.25, -0.2) is 0 Å². The van der Waals surface area contributed by atoms with Crippen LogP contribution in [-0.2, 0) is 0 Å². The van der Waals surface area contributed by atoms with Gasteiger partial charge in [0.15, 0.2) is 0 Å². The van der Waals surface area contributed by atoms with Gasteiger partial charge in [0, 0.05) is 70.8 Å². The zero-order valence-corrected chi connectivity index (χ0v) is 35.6. The van der Waals surface area contributed by atoms with Crippen LogP contribution in [0.1, 0.15) is 12.5 Å². The van der Waals surface area contributed by atoms with E-state index in [1.54, 1.807) is 0 Å². The Morgan fingerprint density at radius 3 is 1.49 bits per heavy atom. The molecule has 13 aromatic rings. The van der Waals surface area contributed by atoms with Crippen LogP contribution in [0.4, 0.5) is 0 Å². The van der Waals surface area contributed by atoms with Crippen molar-refractivity contribution in [2.75, 3.05) is 0 Å². The molecule has 0 spiro atoms. The maximum absolute atomic E-state index is 6.40. The van der Waals surface area contributed by atoms with Crippen molar-refractivity contribution in [1.82, 2.24) is 9.13 Å².